The van der Waals surface area contributed by atoms with Crippen molar-refractivity contribution in [2.75, 3.05) is 6.61 Å². The molecule has 0 aromatic carbocycles. The average molecular weight is 844 g/mol. The molecule has 0 aliphatic rings. The van der Waals surface area contributed by atoms with Crippen LogP contribution in [0.4, 0.5) is 0 Å². The van der Waals surface area contributed by atoms with E-state index in [4.69, 9.17) is 9.79 Å². The number of aliphatic hydroxyl groups excluding tert-OH is 1. The van der Waals surface area contributed by atoms with Crippen molar-refractivity contribution in [3.8, 4) is 0 Å². The van der Waals surface area contributed by atoms with Gasteiger partial charge in [0.1, 0.15) is 0 Å². The Labute approximate surface area is 361 Å². The molecule has 0 bridgehead atoms. The summed E-state index contributed by atoms with van der Waals surface area (Å²) in [6.07, 6.45) is 55.9. The minimum Gasteiger partial charge on any atom is -0.391 e. The number of aliphatic hydroxyl groups is 1. The van der Waals surface area contributed by atoms with Crippen molar-refractivity contribution < 1.29 is 28.8 Å². The Morgan fingerprint density at radius 3 is 0.931 bits per heavy atom. The highest BCUT2D eigenvalue weighted by Gasteiger charge is 2.25. The number of phosphoric ester groups is 1. The highest BCUT2D eigenvalue weighted by molar-refractivity contribution is 7.46. The minimum absolute atomic E-state index is 0.189. The van der Waals surface area contributed by atoms with E-state index in [-0.39, 0.29) is 5.91 Å². The summed E-state index contributed by atoms with van der Waals surface area (Å²) in [6, 6.07) is -0.817. The van der Waals surface area contributed by atoms with Crippen molar-refractivity contribution in [1.82, 2.24) is 5.32 Å². The monoisotopic (exact) mass is 844 g/mol. The van der Waals surface area contributed by atoms with Crippen LogP contribution in [0.5, 0.6) is 0 Å². The van der Waals surface area contributed by atoms with Gasteiger partial charge in [-0.05, 0) is 12.8 Å². The molecular weight excluding hydrogens is 742 g/mol. The number of hydrogen-bond donors (Lipinski definition) is 4. The Morgan fingerprint density at radius 2 is 0.672 bits per heavy atom. The lowest BCUT2D eigenvalue weighted by molar-refractivity contribution is -0.123. The number of carbonyl (C=O) groups excluding carboxylic acids is 1. The molecule has 8 heteroatoms. The summed E-state index contributed by atoms with van der Waals surface area (Å²) in [5.74, 6) is -0.189. The zero-order valence-corrected chi connectivity index (χ0v) is 39.9. The Morgan fingerprint density at radius 1 is 0.431 bits per heavy atom. The molecule has 0 aliphatic heterocycles. The molecule has 0 spiro atoms. The lowest BCUT2D eigenvalue weighted by Crippen LogP contribution is -2.46. The van der Waals surface area contributed by atoms with E-state index >= 15 is 0 Å². The van der Waals surface area contributed by atoms with Crippen LogP contribution in [-0.4, -0.2) is 39.6 Å². The molecule has 0 radical (unpaired) electrons. The third-order valence-corrected chi connectivity index (χ3v) is 12.8. The van der Waals surface area contributed by atoms with Crippen LogP contribution in [0, 0.1) is 0 Å². The molecule has 0 heterocycles. The Bertz CT molecular complexity index is 869. The molecule has 0 aromatic heterocycles. The minimum atomic E-state index is -4.68. The van der Waals surface area contributed by atoms with Gasteiger partial charge < -0.3 is 20.2 Å². The topological polar surface area (TPSA) is 116 Å². The number of nitrogens with one attached hydrogen (secondary N) is 1. The van der Waals surface area contributed by atoms with Crippen LogP contribution < -0.4 is 5.32 Å². The number of unbranched alkanes of at least 4 members (excludes halogenated alkanes) is 40. The van der Waals surface area contributed by atoms with E-state index in [0.29, 0.717) is 12.8 Å². The summed E-state index contributed by atoms with van der Waals surface area (Å²) in [7, 11) is -4.68. The van der Waals surface area contributed by atoms with Crippen molar-refractivity contribution in [2.45, 2.75) is 309 Å². The van der Waals surface area contributed by atoms with Crippen LogP contribution in [-0.2, 0) is 13.9 Å². The molecule has 0 fully saturated rings. The van der Waals surface area contributed by atoms with E-state index in [2.05, 4.69) is 23.7 Å². The molecule has 348 valence electrons. The quantitative estimate of drug-likeness (QED) is 0.0358. The summed E-state index contributed by atoms with van der Waals surface area (Å²) < 4.78 is 15.9. The van der Waals surface area contributed by atoms with Gasteiger partial charge >= 0.3 is 7.82 Å². The predicted octanol–water partition coefficient (Wildman–Crippen LogP) is 16.1. The first-order valence-corrected chi connectivity index (χ1v) is 27.5. The van der Waals surface area contributed by atoms with Gasteiger partial charge in [0.2, 0.25) is 5.91 Å². The van der Waals surface area contributed by atoms with E-state index in [1.165, 1.54) is 231 Å². The third-order valence-electron chi connectivity index (χ3n) is 12.3. The second-order valence-corrected chi connectivity index (χ2v) is 19.4. The van der Waals surface area contributed by atoms with E-state index in [9.17, 15) is 14.5 Å². The summed E-state index contributed by atoms with van der Waals surface area (Å²) in [6.45, 7) is 4.12. The third kappa shape index (κ3) is 46.6. The summed E-state index contributed by atoms with van der Waals surface area (Å²) >= 11 is 0. The van der Waals surface area contributed by atoms with Gasteiger partial charge in [0, 0.05) is 6.42 Å². The SMILES string of the molecule is CCCCCCCCCCCCCCCCCCCCCCCCCCCCCCCCCCCC(=O)N[C@@H](COP(=O)(O)O)[C@H](O)CCCCCCCCCCC. The van der Waals surface area contributed by atoms with Crippen LogP contribution in [0.1, 0.15) is 296 Å². The van der Waals surface area contributed by atoms with Gasteiger partial charge in [0.05, 0.1) is 18.8 Å². The van der Waals surface area contributed by atoms with Gasteiger partial charge in [-0.1, -0.05) is 277 Å². The van der Waals surface area contributed by atoms with Crippen LogP contribution in [0.2, 0.25) is 0 Å². The number of amides is 1. The smallest absolute Gasteiger partial charge is 0.391 e. The van der Waals surface area contributed by atoms with Crippen molar-refractivity contribution in [1.29, 1.82) is 0 Å². The zero-order valence-electron chi connectivity index (χ0n) is 39.0. The van der Waals surface area contributed by atoms with E-state index < -0.39 is 26.6 Å². The maximum Gasteiger partial charge on any atom is 0.469 e. The van der Waals surface area contributed by atoms with Crippen molar-refractivity contribution >= 4 is 13.7 Å². The number of carbonyl (C=O) groups is 1. The van der Waals surface area contributed by atoms with Gasteiger partial charge in [-0.2, -0.15) is 0 Å². The molecule has 58 heavy (non-hydrogen) atoms. The molecule has 0 rings (SSSR count). The standard InChI is InChI=1S/C50H102NO6P/c1-3-5-7-9-11-13-14-15-16-17-18-19-20-21-22-23-24-25-26-27-28-29-30-31-32-33-34-35-36-38-40-42-44-46-50(53)51-48(47-57-58(54,55)56)49(52)45-43-41-39-37-12-10-8-6-4-2/h48-49,52H,3-47H2,1-2H3,(H,51,53)(H2,54,55,56)/t48-,49+/m0/s1. The van der Waals surface area contributed by atoms with Crippen LogP contribution >= 0.6 is 7.82 Å². The maximum absolute atomic E-state index is 12.6. The van der Waals surface area contributed by atoms with E-state index in [1.54, 1.807) is 0 Å². The van der Waals surface area contributed by atoms with Crippen molar-refractivity contribution in [3.05, 3.63) is 0 Å². The van der Waals surface area contributed by atoms with Gasteiger partial charge in [-0.15, -0.1) is 0 Å². The Kier molecular flexibility index (Phi) is 45.7. The van der Waals surface area contributed by atoms with Gasteiger partial charge in [0.25, 0.3) is 0 Å². The largest absolute Gasteiger partial charge is 0.469 e. The molecule has 0 saturated carbocycles. The number of hydrogen-bond acceptors (Lipinski definition) is 4. The molecule has 2 atom stereocenters. The summed E-state index contributed by atoms with van der Waals surface area (Å²) in [5.41, 5.74) is 0. The molecule has 4 N–H and O–H groups in total. The first-order valence-electron chi connectivity index (χ1n) is 26.0. The first-order chi connectivity index (χ1) is 28.3. The Hall–Kier alpha value is -0.460. The van der Waals surface area contributed by atoms with E-state index in [1.807, 2.05) is 0 Å². The number of phosphoric acid groups is 1. The van der Waals surface area contributed by atoms with Crippen LogP contribution in [0.25, 0.3) is 0 Å². The normalized spacial score (nSPS) is 13.0. The van der Waals surface area contributed by atoms with E-state index in [0.717, 1.165) is 38.5 Å². The van der Waals surface area contributed by atoms with Crippen molar-refractivity contribution in [2.24, 2.45) is 0 Å². The lowest BCUT2D eigenvalue weighted by atomic mass is 10.0. The summed E-state index contributed by atoms with van der Waals surface area (Å²) in [5, 5.41) is 13.5. The second-order valence-electron chi connectivity index (χ2n) is 18.2. The molecule has 0 unspecified atom stereocenters. The fourth-order valence-corrected chi connectivity index (χ4v) is 8.76. The Balaban J connectivity index is 3.54. The fourth-order valence-electron chi connectivity index (χ4n) is 8.41. The summed E-state index contributed by atoms with van der Waals surface area (Å²) in [4.78, 5) is 30.9. The van der Waals surface area contributed by atoms with Crippen molar-refractivity contribution in [3.63, 3.8) is 0 Å². The molecule has 7 nitrogen and oxygen atoms in total. The maximum atomic E-state index is 12.6. The average Bonchev–Trinajstić information content (AvgIpc) is 3.20. The van der Waals surface area contributed by atoms with Crippen LogP contribution in [0.3, 0.4) is 0 Å². The highest BCUT2D eigenvalue weighted by atomic mass is 31.2. The number of rotatable bonds is 49. The van der Waals surface area contributed by atoms with Gasteiger partial charge in [-0.25, -0.2) is 4.57 Å². The lowest BCUT2D eigenvalue weighted by Gasteiger charge is -2.24. The first kappa shape index (κ1) is 57.5. The highest BCUT2D eigenvalue weighted by Crippen LogP contribution is 2.36. The van der Waals surface area contributed by atoms with Crippen LogP contribution in [0.15, 0.2) is 0 Å². The fraction of sp³-hybridized carbons (Fsp3) is 0.980. The molecular formula is C50H102NO6P. The predicted molar refractivity (Wildman–Crippen MR) is 250 cm³/mol. The van der Waals surface area contributed by atoms with Gasteiger partial charge in [-0.3, -0.25) is 9.32 Å². The molecule has 0 aromatic rings. The molecule has 0 aliphatic carbocycles. The van der Waals surface area contributed by atoms with Gasteiger partial charge in [0.15, 0.2) is 0 Å². The molecule has 0 saturated heterocycles. The second kappa shape index (κ2) is 46.1. The zero-order chi connectivity index (χ0) is 42.5. The molecule has 1 amide bonds.